The van der Waals surface area contributed by atoms with Gasteiger partial charge in [0.1, 0.15) is 0 Å². The third-order valence-electron chi connectivity index (χ3n) is 7.72. The van der Waals surface area contributed by atoms with Crippen LogP contribution in [0.2, 0.25) is 0 Å². The van der Waals surface area contributed by atoms with E-state index < -0.39 is 0 Å². The number of hydrogen-bond donors (Lipinski definition) is 2. The maximum Gasteiger partial charge on any atom is 0.0516 e. The second kappa shape index (κ2) is 8.50. The van der Waals surface area contributed by atoms with Crippen molar-refractivity contribution in [3.8, 4) is 0 Å². The zero-order chi connectivity index (χ0) is 21.3. The molecule has 0 saturated carbocycles. The van der Waals surface area contributed by atoms with E-state index in [4.69, 9.17) is 0 Å². The molecule has 2 N–H and O–H groups in total. The summed E-state index contributed by atoms with van der Waals surface area (Å²) in [7, 11) is 0. The Hall–Kier alpha value is -3.00. The van der Waals surface area contributed by atoms with Gasteiger partial charge in [-0.25, -0.2) is 0 Å². The molecule has 2 unspecified atom stereocenters. The second-order valence-corrected chi connectivity index (χ2v) is 9.62. The van der Waals surface area contributed by atoms with Crippen LogP contribution in [0.25, 0.3) is 0 Å². The maximum absolute atomic E-state index is 3.82. The maximum atomic E-state index is 3.82. The van der Waals surface area contributed by atoms with E-state index in [0.717, 1.165) is 12.8 Å². The summed E-state index contributed by atoms with van der Waals surface area (Å²) < 4.78 is 0. The predicted octanol–water partition coefficient (Wildman–Crippen LogP) is 7.13. The minimum atomic E-state index is 0.463. The lowest BCUT2D eigenvalue weighted by molar-refractivity contribution is 0.694. The molecule has 4 aliphatic rings. The third kappa shape index (κ3) is 3.72. The number of allylic oxidation sites excluding steroid dienone is 4. The standard InChI is InChI=1S/C30H32N2/c1-3-13-27-23(7-1)17-19-29(31-27)25-11-5-9-21(25)15-16-22-10-6-12-26(22)30-20-18-24-8-2-4-14-28(24)32-30/h1-8,11-14,29-32H,9-10,15-20H2. The summed E-state index contributed by atoms with van der Waals surface area (Å²) in [6.07, 6.45) is 18.9. The average molecular weight is 421 g/mol. The van der Waals surface area contributed by atoms with Crippen molar-refractivity contribution in [1.29, 1.82) is 0 Å². The normalized spacial score (nSPS) is 23.8. The Bertz CT molecular complexity index is 1060. The molecule has 2 heterocycles. The summed E-state index contributed by atoms with van der Waals surface area (Å²) in [6.45, 7) is 0. The lowest BCUT2D eigenvalue weighted by Gasteiger charge is -2.29. The molecule has 2 aromatic rings. The Labute approximate surface area is 191 Å². The molecule has 0 saturated heterocycles. The fourth-order valence-corrected chi connectivity index (χ4v) is 5.99. The van der Waals surface area contributed by atoms with Gasteiger partial charge in [-0.15, -0.1) is 0 Å². The number of benzene rings is 2. The van der Waals surface area contributed by atoms with Crippen molar-refractivity contribution in [3.63, 3.8) is 0 Å². The van der Waals surface area contributed by atoms with Gasteiger partial charge in [0.15, 0.2) is 0 Å². The van der Waals surface area contributed by atoms with Crippen LogP contribution in [-0.4, -0.2) is 12.1 Å². The van der Waals surface area contributed by atoms with Crippen LogP contribution in [-0.2, 0) is 12.8 Å². The Morgan fingerprint density at radius 3 is 1.59 bits per heavy atom. The fourth-order valence-electron chi connectivity index (χ4n) is 5.99. The first-order valence-electron chi connectivity index (χ1n) is 12.3. The van der Waals surface area contributed by atoms with E-state index in [2.05, 4.69) is 83.5 Å². The van der Waals surface area contributed by atoms with Gasteiger partial charge in [0.05, 0.1) is 12.1 Å². The summed E-state index contributed by atoms with van der Waals surface area (Å²) in [5.74, 6) is 0. The summed E-state index contributed by atoms with van der Waals surface area (Å²) >= 11 is 0. The molecule has 0 aromatic heterocycles. The van der Waals surface area contributed by atoms with E-state index in [1.807, 2.05) is 0 Å². The quantitative estimate of drug-likeness (QED) is 0.537. The molecule has 6 rings (SSSR count). The molecule has 2 nitrogen and oxygen atoms in total. The molecule has 0 fully saturated rings. The van der Waals surface area contributed by atoms with Crippen LogP contribution in [0.1, 0.15) is 49.7 Å². The van der Waals surface area contributed by atoms with Crippen LogP contribution in [0.3, 0.4) is 0 Å². The number of fused-ring (bicyclic) bond motifs is 2. The van der Waals surface area contributed by atoms with Crippen molar-refractivity contribution in [2.75, 3.05) is 10.6 Å². The molecule has 0 bridgehead atoms. The van der Waals surface area contributed by atoms with E-state index in [1.165, 1.54) is 61.0 Å². The zero-order valence-corrected chi connectivity index (χ0v) is 18.7. The summed E-state index contributed by atoms with van der Waals surface area (Å²) in [4.78, 5) is 0. The molecule has 2 aliphatic carbocycles. The Balaban J connectivity index is 1.16. The molecule has 0 radical (unpaired) electrons. The average Bonchev–Trinajstić information content (AvgIpc) is 3.51. The van der Waals surface area contributed by atoms with Crippen LogP contribution >= 0.6 is 0 Å². The number of rotatable bonds is 5. The Morgan fingerprint density at radius 2 is 1.09 bits per heavy atom. The molecule has 162 valence electrons. The minimum Gasteiger partial charge on any atom is -0.378 e. The van der Waals surface area contributed by atoms with Crippen LogP contribution in [0.5, 0.6) is 0 Å². The minimum absolute atomic E-state index is 0.463. The van der Waals surface area contributed by atoms with Gasteiger partial charge in [-0.1, -0.05) is 71.8 Å². The molecule has 2 aromatic carbocycles. The van der Waals surface area contributed by atoms with Gasteiger partial charge in [-0.2, -0.15) is 0 Å². The summed E-state index contributed by atoms with van der Waals surface area (Å²) in [6, 6.07) is 18.5. The largest absolute Gasteiger partial charge is 0.378 e. The number of nitrogens with one attached hydrogen (secondary N) is 2. The van der Waals surface area contributed by atoms with Crippen LogP contribution in [0.4, 0.5) is 11.4 Å². The van der Waals surface area contributed by atoms with E-state index in [0.29, 0.717) is 12.1 Å². The predicted molar refractivity (Wildman–Crippen MR) is 135 cm³/mol. The number of aryl methyl sites for hydroxylation is 2. The van der Waals surface area contributed by atoms with Crippen molar-refractivity contribution >= 4 is 11.4 Å². The topological polar surface area (TPSA) is 24.1 Å². The van der Waals surface area contributed by atoms with Crippen molar-refractivity contribution < 1.29 is 0 Å². The second-order valence-electron chi connectivity index (χ2n) is 9.62. The smallest absolute Gasteiger partial charge is 0.0516 e. The van der Waals surface area contributed by atoms with Crippen molar-refractivity contribution in [1.82, 2.24) is 0 Å². The number of para-hydroxylation sites is 2. The molecular weight excluding hydrogens is 388 g/mol. The van der Waals surface area contributed by atoms with Gasteiger partial charge in [-0.3, -0.25) is 0 Å². The highest BCUT2D eigenvalue weighted by atomic mass is 14.9. The lowest BCUT2D eigenvalue weighted by Crippen LogP contribution is -2.27. The lowest BCUT2D eigenvalue weighted by atomic mass is 9.88. The van der Waals surface area contributed by atoms with Gasteiger partial charge in [-0.05, 0) is 85.8 Å². The van der Waals surface area contributed by atoms with Gasteiger partial charge < -0.3 is 10.6 Å². The number of hydrogen-bond acceptors (Lipinski definition) is 2. The highest BCUT2D eigenvalue weighted by Crippen LogP contribution is 2.37. The van der Waals surface area contributed by atoms with E-state index in [-0.39, 0.29) is 0 Å². The van der Waals surface area contributed by atoms with E-state index in [9.17, 15) is 0 Å². The van der Waals surface area contributed by atoms with Gasteiger partial charge in [0.25, 0.3) is 0 Å². The molecule has 0 spiro atoms. The molecule has 2 heteroatoms. The van der Waals surface area contributed by atoms with Crippen LogP contribution in [0.15, 0.2) is 95.1 Å². The van der Waals surface area contributed by atoms with Gasteiger partial charge in [0, 0.05) is 11.4 Å². The molecule has 2 aliphatic heterocycles. The first-order valence-corrected chi connectivity index (χ1v) is 12.3. The molecular formula is C30H32N2. The van der Waals surface area contributed by atoms with Crippen molar-refractivity contribution in [2.45, 2.75) is 63.5 Å². The van der Waals surface area contributed by atoms with Gasteiger partial charge in [0.2, 0.25) is 0 Å². The number of anilines is 2. The van der Waals surface area contributed by atoms with Crippen molar-refractivity contribution in [3.05, 3.63) is 106 Å². The summed E-state index contributed by atoms with van der Waals surface area (Å²) in [5, 5.41) is 7.65. The van der Waals surface area contributed by atoms with E-state index >= 15 is 0 Å². The van der Waals surface area contributed by atoms with Crippen molar-refractivity contribution in [2.24, 2.45) is 0 Å². The molecule has 0 amide bonds. The third-order valence-corrected chi connectivity index (χ3v) is 7.72. The monoisotopic (exact) mass is 420 g/mol. The Morgan fingerprint density at radius 1 is 0.625 bits per heavy atom. The SMILES string of the molecule is C1=CC(C2CCc3ccccc3N2)=C(CCC2=C(C3CCc4ccccc4N3)C=CC2)C1. The first kappa shape index (κ1) is 19.7. The highest BCUT2D eigenvalue weighted by Gasteiger charge is 2.26. The molecule has 2 atom stereocenters. The van der Waals surface area contributed by atoms with E-state index in [1.54, 1.807) is 22.3 Å². The molecule has 32 heavy (non-hydrogen) atoms. The summed E-state index contributed by atoms with van der Waals surface area (Å²) in [5.41, 5.74) is 12.0. The van der Waals surface area contributed by atoms with Crippen LogP contribution in [0, 0.1) is 0 Å². The fraction of sp³-hybridized carbons (Fsp3) is 0.333. The first-order chi connectivity index (χ1) is 15.8. The van der Waals surface area contributed by atoms with Gasteiger partial charge >= 0.3 is 0 Å². The van der Waals surface area contributed by atoms with Crippen LogP contribution < -0.4 is 10.6 Å². The highest BCUT2D eigenvalue weighted by molar-refractivity contribution is 5.58. The Kier molecular flexibility index (Phi) is 5.23. The zero-order valence-electron chi connectivity index (χ0n) is 18.7.